The van der Waals surface area contributed by atoms with Gasteiger partial charge in [0.1, 0.15) is 40.8 Å². The Morgan fingerprint density at radius 1 is 1.10 bits per heavy atom. The van der Waals surface area contributed by atoms with Crippen LogP contribution in [-0.4, -0.2) is 99.6 Å². The number of nitrogens with one attached hydrogen (secondary N) is 3. The first-order valence-corrected chi connectivity index (χ1v) is 23.7. The van der Waals surface area contributed by atoms with Crippen LogP contribution in [0.4, 0.5) is 4.79 Å². The summed E-state index contributed by atoms with van der Waals surface area (Å²) in [6.07, 6.45) is 7.83. The average Bonchev–Trinajstić information content (AvgIpc) is 3.99. The van der Waals surface area contributed by atoms with Crippen LogP contribution in [0, 0.1) is 17.8 Å². The molecular weight excluding hydrogens is 827 g/mol. The number of pyridine rings is 1. The number of benzene rings is 1. The van der Waals surface area contributed by atoms with Crippen LogP contribution in [0.5, 0.6) is 11.5 Å². The number of hydrogen-bond acceptors (Lipinski definition) is 11. The highest BCUT2D eigenvalue weighted by Crippen LogP contribution is 2.48. The lowest BCUT2D eigenvalue weighted by atomic mass is 9.85. The molecule has 4 heterocycles. The molecule has 7 rings (SSSR count). The fourth-order valence-electron chi connectivity index (χ4n) is 8.71. The van der Waals surface area contributed by atoms with E-state index in [1.807, 2.05) is 37.4 Å². The van der Waals surface area contributed by atoms with Crippen molar-refractivity contribution in [1.29, 1.82) is 0 Å². The predicted molar refractivity (Wildman–Crippen MR) is 237 cm³/mol. The van der Waals surface area contributed by atoms with Gasteiger partial charge in [-0.15, -0.1) is 0 Å². The third-order valence-electron chi connectivity index (χ3n) is 13.0. The number of alkyl carbamates (subject to hydrolysis) is 1. The smallest absolute Gasteiger partial charge is 0.408 e. The highest BCUT2D eigenvalue weighted by atomic mass is 32.2. The van der Waals surface area contributed by atoms with Crippen LogP contribution in [0.25, 0.3) is 16.7 Å². The first-order chi connectivity index (χ1) is 29.7. The van der Waals surface area contributed by atoms with E-state index in [0.717, 1.165) is 12.1 Å². The Bertz CT molecular complexity index is 2390. The van der Waals surface area contributed by atoms with Gasteiger partial charge in [0.15, 0.2) is 5.82 Å². The molecule has 1 saturated heterocycles. The molecule has 2 aliphatic heterocycles. The molecule has 7 atom stereocenters. The molecule has 342 valence electrons. The van der Waals surface area contributed by atoms with Crippen molar-refractivity contribution < 1.29 is 41.8 Å². The molecule has 1 aromatic carbocycles. The first kappa shape index (κ1) is 45.8. The van der Waals surface area contributed by atoms with Crippen molar-refractivity contribution in [3.63, 3.8) is 0 Å². The van der Waals surface area contributed by atoms with E-state index >= 15 is 4.79 Å². The third-order valence-corrected chi connectivity index (χ3v) is 15.1. The van der Waals surface area contributed by atoms with Crippen molar-refractivity contribution in [2.75, 3.05) is 13.7 Å². The molecule has 2 aromatic heterocycles. The van der Waals surface area contributed by atoms with Gasteiger partial charge in [0.2, 0.25) is 21.8 Å². The van der Waals surface area contributed by atoms with Gasteiger partial charge >= 0.3 is 6.09 Å². The third kappa shape index (κ3) is 9.82. The molecule has 3 N–H and O–H groups in total. The number of carbonyl (C=O) groups is 4. The number of methoxy groups -OCH3 is 1. The number of aromatic nitrogens is 3. The minimum atomic E-state index is -4.03. The Balaban J connectivity index is 1.27. The van der Waals surface area contributed by atoms with Gasteiger partial charge in [-0.05, 0) is 102 Å². The van der Waals surface area contributed by atoms with Crippen LogP contribution in [0.3, 0.4) is 0 Å². The number of nitrogens with zero attached hydrogens (tertiary/aromatic N) is 4. The molecule has 17 heteroatoms. The van der Waals surface area contributed by atoms with Crippen LogP contribution in [0.15, 0.2) is 48.7 Å². The molecule has 0 unspecified atom stereocenters. The summed E-state index contributed by atoms with van der Waals surface area (Å²) in [4.78, 5) is 63.9. The Morgan fingerprint density at radius 2 is 1.84 bits per heavy atom. The average molecular weight is 890 g/mol. The molecule has 2 aliphatic carbocycles. The Hall–Kier alpha value is -5.19. The van der Waals surface area contributed by atoms with Gasteiger partial charge < -0.3 is 29.7 Å². The summed E-state index contributed by atoms with van der Waals surface area (Å²) in [5, 5.41) is 11.2. The molecule has 63 heavy (non-hydrogen) atoms. The second-order valence-corrected chi connectivity index (χ2v) is 21.7. The zero-order valence-corrected chi connectivity index (χ0v) is 38.7. The van der Waals surface area contributed by atoms with E-state index in [1.54, 1.807) is 57.7 Å². The lowest BCUT2D eigenvalue weighted by Gasteiger charge is -2.34. The predicted octanol–water partition coefficient (Wildman–Crippen LogP) is 6.07. The molecule has 4 amide bonds. The summed E-state index contributed by atoms with van der Waals surface area (Å²) < 4.78 is 47.6. The van der Waals surface area contributed by atoms with Gasteiger partial charge in [-0.25, -0.2) is 22.9 Å². The lowest BCUT2D eigenvalue weighted by Crippen LogP contribution is -2.59. The van der Waals surface area contributed by atoms with Crippen LogP contribution in [-0.2, 0) is 29.1 Å². The van der Waals surface area contributed by atoms with Gasteiger partial charge in [0.25, 0.3) is 5.91 Å². The van der Waals surface area contributed by atoms with E-state index in [0.29, 0.717) is 60.3 Å². The second-order valence-electron chi connectivity index (χ2n) is 19.5. The summed E-state index contributed by atoms with van der Waals surface area (Å²) in [5.74, 6) is -0.887. The number of amides is 4. The lowest BCUT2D eigenvalue weighted by molar-refractivity contribution is -0.142. The summed E-state index contributed by atoms with van der Waals surface area (Å²) in [6.45, 7) is 15.0. The minimum absolute atomic E-state index is 0.0209. The fourth-order valence-corrected chi connectivity index (χ4v) is 10.0. The van der Waals surface area contributed by atoms with Crippen molar-refractivity contribution in [1.82, 2.24) is 35.0 Å². The standard InChI is InChI=1S/C46H63N7O9S/c1-10-29-21-28(4)13-11-12-14-30-25-46(30,42(56)51-63(58,59)45(8)18-19-45)49-40(54)36-23-32(26-52(36)41(55)39(29)48-43(57)62-44(5,6)7)61-37-24-38(53-20-17-34(50-53)27(2)3)47-35-22-31(60-9)15-16-33(35)37/h12,14-17,20,22,24,27-30,32,36,39H,10-11,13,18-19,21,23,25-26H2,1-9H3,(H,48,57)(H,49,54)(H,51,56)/b14-12-/t28-,29-,30-,32-,36+,39+,46-/m1/s1. The molecular formula is C46H63N7O9S. The first-order valence-electron chi connectivity index (χ1n) is 22.2. The maximum atomic E-state index is 15.2. The van der Waals surface area contributed by atoms with E-state index in [-0.39, 0.29) is 37.1 Å². The Labute approximate surface area is 370 Å². The van der Waals surface area contributed by atoms with E-state index in [4.69, 9.17) is 24.3 Å². The molecule has 0 spiro atoms. The molecule has 3 aromatic rings. The highest BCUT2D eigenvalue weighted by Gasteiger charge is 2.63. The second kappa shape index (κ2) is 17.4. The molecule has 3 fully saturated rings. The van der Waals surface area contributed by atoms with Crippen molar-refractivity contribution in [3.8, 4) is 17.3 Å². The van der Waals surface area contributed by atoms with Crippen LogP contribution in [0.2, 0.25) is 0 Å². The molecule has 0 bridgehead atoms. The van der Waals surface area contributed by atoms with Gasteiger partial charge in [-0.3, -0.25) is 19.1 Å². The number of hydrogen-bond donors (Lipinski definition) is 3. The maximum Gasteiger partial charge on any atom is 0.408 e. The fraction of sp³-hybridized carbons (Fsp3) is 0.609. The Morgan fingerprint density at radius 3 is 2.49 bits per heavy atom. The largest absolute Gasteiger partial charge is 0.497 e. The number of sulfonamides is 1. The van der Waals surface area contributed by atoms with Crippen molar-refractivity contribution >= 4 is 44.7 Å². The van der Waals surface area contributed by atoms with Crippen molar-refractivity contribution in [3.05, 3.63) is 54.4 Å². The molecule has 2 saturated carbocycles. The zero-order chi connectivity index (χ0) is 45.6. The quantitative estimate of drug-likeness (QED) is 0.200. The summed E-state index contributed by atoms with van der Waals surface area (Å²) in [6, 6.07) is 6.90. The molecule has 0 radical (unpaired) electrons. The molecule has 16 nitrogen and oxygen atoms in total. The van der Waals surface area contributed by atoms with E-state index in [1.165, 1.54) is 4.90 Å². The molecule has 4 aliphatic rings. The van der Waals surface area contributed by atoms with Crippen molar-refractivity contribution in [2.24, 2.45) is 17.8 Å². The summed E-state index contributed by atoms with van der Waals surface area (Å²) in [5.41, 5.74) is -0.948. The summed E-state index contributed by atoms with van der Waals surface area (Å²) in [7, 11) is -2.46. The number of ether oxygens (including phenoxy) is 3. The number of fused-ring (bicyclic) bond motifs is 3. The van der Waals surface area contributed by atoms with Gasteiger partial charge in [-0.2, -0.15) is 5.10 Å². The van der Waals surface area contributed by atoms with Crippen LogP contribution >= 0.6 is 0 Å². The van der Waals surface area contributed by atoms with Gasteiger partial charge in [0, 0.05) is 36.1 Å². The normalized spacial score (nSPS) is 27.9. The SMILES string of the molecule is CC[C@@H]1C[C@H](C)CC/C=C\[C@@H]2C[C@@]2(C(=O)NS(=O)(=O)C2(C)CC2)NC(=O)[C@@H]2C[C@@H](Oc3cc(-n4ccc(C(C)C)n4)nc4cc(OC)ccc34)CN2C(=O)[C@H]1NC(=O)OC(C)(C)C. The number of rotatable bonds is 10. The van der Waals surface area contributed by atoms with Crippen LogP contribution in [0.1, 0.15) is 118 Å². The highest BCUT2D eigenvalue weighted by molar-refractivity contribution is 7.91. The Kier molecular flexibility index (Phi) is 12.7. The monoisotopic (exact) mass is 889 g/mol. The topological polar surface area (TPSA) is 200 Å². The number of carbonyl (C=O) groups excluding carboxylic acids is 4. The maximum absolute atomic E-state index is 15.2. The zero-order valence-electron chi connectivity index (χ0n) is 37.9. The minimum Gasteiger partial charge on any atom is -0.497 e. The van der Waals surface area contributed by atoms with Crippen molar-refractivity contribution in [2.45, 2.75) is 147 Å². The summed E-state index contributed by atoms with van der Waals surface area (Å²) >= 11 is 0. The van der Waals surface area contributed by atoms with Gasteiger partial charge in [0.05, 0.1) is 29.6 Å². The number of allylic oxidation sites excluding steroid dienone is 1. The van der Waals surface area contributed by atoms with E-state index in [2.05, 4.69) is 36.1 Å². The van der Waals surface area contributed by atoms with E-state index in [9.17, 15) is 22.8 Å². The van der Waals surface area contributed by atoms with Gasteiger partial charge in [-0.1, -0.05) is 46.3 Å². The van der Waals surface area contributed by atoms with Crippen LogP contribution < -0.4 is 24.8 Å². The van der Waals surface area contributed by atoms with E-state index < -0.39 is 73.8 Å².